The Morgan fingerprint density at radius 2 is 1.40 bits per heavy atom. The highest BCUT2D eigenvalue weighted by atomic mass is 32.2. The number of rotatable bonds is 36. The smallest absolute Gasteiger partial charge is 0.303 e. The SMILES string of the molecule is COCCOCCOCCOCCOCCOCCN(CCCS(=O)(=O)O)C1=CC(C)C2=C(/C=C/C=C3/N(CCCCCC(=O)O)c4ccc(S(=O)(=O)O)cc4C3(C)CCCS(=O)(=O)O)C=COC2=C1. The van der Waals surface area contributed by atoms with Crippen molar-refractivity contribution < 1.29 is 82.0 Å². The van der Waals surface area contributed by atoms with Gasteiger partial charge >= 0.3 is 5.97 Å². The molecule has 0 spiro atoms. The number of hydrogen-bond donors (Lipinski definition) is 4. The van der Waals surface area contributed by atoms with Gasteiger partial charge in [0.05, 0.1) is 95.3 Å². The van der Waals surface area contributed by atoms with Crippen molar-refractivity contribution in [2.45, 2.75) is 69.1 Å². The lowest BCUT2D eigenvalue weighted by molar-refractivity contribution is -0.137. The van der Waals surface area contributed by atoms with Gasteiger partial charge in [-0.2, -0.15) is 25.3 Å². The summed E-state index contributed by atoms with van der Waals surface area (Å²) < 4.78 is 139. The summed E-state index contributed by atoms with van der Waals surface area (Å²) in [5.74, 6) is -1.47. The number of methoxy groups -OCH3 is 1. The Morgan fingerprint density at radius 3 is 1.99 bits per heavy atom. The zero-order chi connectivity index (χ0) is 51.2. The first-order chi connectivity index (χ1) is 33.2. The van der Waals surface area contributed by atoms with Gasteiger partial charge < -0.3 is 48.1 Å². The summed E-state index contributed by atoms with van der Waals surface area (Å²) >= 11 is 0. The Bertz CT molecular complexity index is 2400. The number of fused-ring (bicyclic) bond motifs is 2. The van der Waals surface area contributed by atoms with Crippen LogP contribution in [0.3, 0.4) is 0 Å². The van der Waals surface area contributed by atoms with E-state index in [2.05, 4.69) is 0 Å². The summed E-state index contributed by atoms with van der Waals surface area (Å²) in [6.07, 6.45) is 14.9. The highest BCUT2D eigenvalue weighted by molar-refractivity contribution is 7.86. The molecule has 0 saturated heterocycles. The molecule has 0 fully saturated rings. The van der Waals surface area contributed by atoms with Crippen molar-refractivity contribution in [3.8, 4) is 0 Å². The summed E-state index contributed by atoms with van der Waals surface area (Å²) in [5, 5.41) is 9.17. The molecule has 2 aliphatic heterocycles. The van der Waals surface area contributed by atoms with E-state index in [0.29, 0.717) is 134 Å². The average Bonchev–Trinajstić information content (AvgIpc) is 3.50. The van der Waals surface area contributed by atoms with Crippen LogP contribution in [0.1, 0.15) is 64.4 Å². The molecule has 3 aliphatic rings. The Hall–Kier alpha value is -3.98. The first-order valence-corrected chi connectivity index (χ1v) is 27.9. The molecule has 2 atom stereocenters. The Morgan fingerprint density at radius 1 is 0.800 bits per heavy atom. The van der Waals surface area contributed by atoms with E-state index in [4.69, 9.17) is 38.3 Å². The number of ether oxygens (including phenoxy) is 7. The standard InChI is InChI=1S/C47H70N2O18S3/c1-37-34-39(48(17-9-33-69(55,56)57)19-21-62-24-25-64-28-29-66-31-30-65-27-26-63-23-22-61-3)35-43-46(37)38(15-20-67-43)10-7-11-44-47(2,16-8-32-68(52,53)54)41-36-40(70(58,59)60)13-14-42(41)49(44)18-6-4-5-12-45(50)51/h7,10-11,13-15,20,34-37H,4-6,8-9,12,16-19,21-33H2,1-3H3,(H,50,51)(H,52,53,54)(H,55,56,57)(H,58,59,60)/b10-7+,44-11+. The highest BCUT2D eigenvalue weighted by Gasteiger charge is 2.43. The second-order valence-corrected chi connectivity index (χ2v) is 21.6. The van der Waals surface area contributed by atoms with Gasteiger partial charge in [0, 0.05) is 73.2 Å². The number of anilines is 1. The summed E-state index contributed by atoms with van der Waals surface area (Å²) in [7, 11) is -11.5. The average molecular weight is 1050 g/mol. The maximum absolute atomic E-state index is 12.3. The molecular weight excluding hydrogens is 977 g/mol. The minimum atomic E-state index is -4.61. The molecule has 1 aromatic carbocycles. The van der Waals surface area contributed by atoms with Gasteiger partial charge in [-0.3, -0.25) is 18.5 Å². The number of aliphatic carboxylic acids is 1. The van der Waals surface area contributed by atoms with Crippen LogP contribution in [0.4, 0.5) is 5.69 Å². The van der Waals surface area contributed by atoms with Crippen LogP contribution >= 0.6 is 0 Å². The van der Waals surface area contributed by atoms with Gasteiger partial charge in [-0.15, -0.1) is 0 Å². The van der Waals surface area contributed by atoms with Crippen LogP contribution in [-0.4, -0.2) is 166 Å². The van der Waals surface area contributed by atoms with Gasteiger partial charge in [-0.25, -0.2) is 0 Å². The number of unbranched alkanes of at least 4 members (excludes halogenated alkanes) is 2. The van der Waals surface area contributed by atoms with E-state index in [9.17, 15) is 43.7 Å². The number of allylic oxidation sites excluding steroid dienone is 9. The molecule has 1 aromatic rings. The van der Waals surface area contributed by atoms with Crippen LogP contribution in [0, 0.1) is 5.92 Å². The fourth-order valence-corrected chi connectivity index (χ4v) is 9.83. The normalized spacial score (nSPS) is 18.9. The first-order valence-electron chi connectivity index (χ1n) is 23.3. The van der Waals surface area contributed by atoms with E-state index in [1.165, 1.54) is 12.1 Å². The molecule has 1 aliphatic carbocycles. The van der Waals surface area contributed by atoms with Crippen LogP contribution < -0.4 is 4.90 Å². The third kappa shape index (κ3) is 19.9. The molecule has 0 aromatic heterocycles. The Kier molecular flexibility index (Phi) is 24.2. The minimum Gasteiger partial charge on any atom is -0.481 e. The van der Waals surface area contributed by atoms with E-state index < -0.39 is 53.2 Å². The maximum atomic E-state index is 12.3. The van der Waals surface area contributed by atoms with Crippen molar-refractivity contribution in [3.05, 3.63) is 94.8 Å². The molecule has 23 heteroatoms. The third-order valence-corrected chi connectivity index (χ3v) is 14.1. The number of carboxylic acid groups (broad SMARTS) is 1. The van der Waals surface area contributed by atoms with E-state index in [1.807, 2.05) is 60.1 Å². The van der Waals surface area contributed by atoms with Crippen molar-refractivity contribution in [3.63, 3.8) is 0 Å². The topological polar surface area (TPSA) is 272 Å². The summed E-state index contributed by atoms with van der Waals surface area (Å²) in [5.41, 5.74) is 3.35. The van der Waals surface area contributed by atoms with Crippen molar-refractivity contribution in [2.75, 3.05) is 116 Å². The van der Waals surface area contributed by atoms with Crippen molar-refractivity contribution >= 4 is 42.0 Å². The number of benzene rings is 1. The van der Waals surface area contributed by atoms with Gasteiger partial charge in [0.2, 0.25) is 0 Å². The van der Waals surface area contributed by atoms with Crippen molar-refractivity contribution in [2.24, 2.45) is 5.92 Å². The lowest BCUT2D eigenvalue weighted by atomic mass is 9.77. The van der Waals surface area contributed by atoms with Gasteiger partial charge in [-0.05, 0) is 80.5 Å². The largest absolute Gasteiger partial charge is 0.481 e. The van der Waals surface area contributed by atoms with Crippen molar-refractivity contribution in [1.82, 2.24) is 4.90 Å². The van der Waals surface area contributed by atoms with Crippen LogP contribution in [0.25, 0.3) is 0 Å². The molecular formula is C47H70N2O18S3. The van der Waals surface area contributed by atoms with Crippen LogP contribution in [0.15, 0.2) is 94.1 Å². The highest BCUT2D eigenvalue weighted by Crippen LogP contribution is 2.51. The molecule has 4 N–H and O–H groups in total. The lowest BCUT2D eigenvalue weighted by Gasteiger charge is -2.32. The van der Waals surface area contributed by atoms with E-state index in [0.717, 1.165) is 16.8 Å². The first kappa shape index (κ1) is 58.6. The van der Waals surface area contributed by atoms with Gasteiger partial charge in [0.25, 0.3) is 30.4 Å². The molecule has 4 rings (SSSR count). The third-order valence-electron chi connectivity index (χ3n) is 11.7. The number of hydrogen-bond acceptors (Lipinski definition) is 16. The fourth-order valence-electron chi connectivity index (χ4n) is 8.32. The Labute approximate surface area is 412 Å². The zero-order valence-corrected chi connectivity index (χ0v) is 42.7. The number of nitrogens with zero attached hydrogens (tertiary/aromatic N) is 2. The quantitative estimate of drug-likeness (QED) is 0.0488. The number of carbonyl (C=O) groups is 1. The Balaban J connectivity index is 1.47. The molecule has 20 nitrogen and oxygen atoms in total. The second kappa shape index (κ2) is 28.9. The molecule has 0 amide bonds. The molecule has 2 heterocycles. The van der Waals surface area contributed by atoms with Crippen molar-refractivity contribution in [1.29, 1.82) is 0 Å². The summed E-state index contributed by atoms with van der Waals surface area (Å²) in [6, 6.07) is 4.27. The second-order valence-electron chi connectivity index (χ2n) is 17.0. The van der Waals surface area contributed by atoms with E-state index in [-0.39, 0.29) is 36.5 Å². The summed E-state index contributed by atoms with van der Waals surface area (Å²) in [4.78, 5) is 14.8. The van der Waals surface area contributed by atoms with Gasteiger partial charge in [0.1, 0.15) is 5.76 Å². The molecule has 2 unspecified atom stereocenters. The summed E-state index contributed by atoms with van der Waals surface area (Å²) in [6.45, 7) is 9.59. The zero-order valence-electron chi connectivity index (χ0n) is 40.2. The molecule has 0 bridgehead atoms. The molecule has 70 heavy (non-hydrogen) atoms. The van der Waals surface area contributed by atoms with E-state index >= 15 is 0 Å². The van der Waals surface area contributed by atoms with Crippen LogP contribution in [-0.2, 0) is 73.7 Å². The predicted octanol–water partition coefficient (Wildman–Crippen LogP) is 5.33. The minimum absolute atomic E-state index is 0.00752. The van der Waals surface area contributed by atoms with E-state index in [1.54, 1.807) is 19.4 Å². The monoisotopic (exact) mass is 1050 g/mol. The van der Waals surface area contributed by atoms with Crippen LogP contribution in [0.2, 0.25) is 0 Å². The number of carboxylic acids is 1. The van der Waals surface area contributed by atoms with Gasteiger partial charge in [0.15, 0.2) is 0 Å². The molecule has 394 valence electrons. The molecule has 0 saturated carbocycles. The van der Waals surface area contributed by atoms with Crippen LogP contribution in [0.5, 0.6) is 0 Å². The fraction of sp³-hybridized carbons (Fsp3) is 0.596. The maximum Gasteiger partial charge on any atom is 0.303 e. The molecule has 0 radical (unpaired) electrons. The predicted molar refractivity (Wildman–Crippen MR) is 261 cm³/mol. The van der Waals surface area contributed by atoms with Gasteiger partial charge in [-0.1, -0.05) is 31.6 Å². The lowest BCUT2D eigenvalue weighted by Crippen LogP contribution is -2.31.